The van der Waals surface area contributed by atoms with Crippen LogP contribution >= 0.6 is 0 Å². The number of aliphatic hydroxyl groups is 1. The topological polar surface area (TPSA) is 20.2 Å². The van der Waals surface area contributed by atoms with Crippen LogP contribution in [0.4, 0.5) is 0 Å². The lowest BCUT2D eigenvalue weighted by Crippen LogP contribution is -2.55. The van der Waals surface area contributed by atoms with Crippen LogP contribution < -0.4 is 0 Å². The molecule has 0 aromatic heterocycles. The SMILES string of the molecule is C=C(CCC(C)C1CC[C@@]2(C)C3CC[C@H]4[C@H](C)[C@@H](O)CC[C@@]45C[C@@]35CC[C@]12C)C(C)C. The van der Waals surface area contributed by atoms with Crippen LogP contribution in [0.2, 0.25) is 0 Å². The zero-order valence-corrected chi connectivity index (χ0v) is 21.5. The summed E-state index contributed by atoms with van der Waals surface area (Å²) in [7, 11) is 0. The average molecular weight is 427 g/mol. The highest BCUT2D eigenvalue weighted by molar-refractivity contribution is 5.29. The van der Waals surface area contributed by atoms with E-state index in [-0.39, 0.29) is 6.10 Å². The van der Waals surface area contributed by atoms with Crippen molar-refractivity contribution in [3.05, 3.63) is 12.2 Å². The van der Waals surface area contributed by atoms with Crippen LogP contribution in [0.1, 0.15) is 112 Å². The number of hydrogen-bond donors (Lipinski definition) is 1. The van der Waals surface area contributed by atoms with Crippen LogP contribution in [0, 0.1) is 57.2 Å². The predicted octanol–water partition coefficient (Wildman–Crippen LogP) is 8.02. The van der Waals surface area contributed by atoms with Crippen LogP contribution in [0.15, 0.2) is 12.2 Å². The Morgan fingerprint density at radius 3 is 2.39 bits per heavy atom. The van der Waals surface area contributed by atoms with E-state index in [1.54, 1.807) is 0 Å². The van der Waals surface area contributed by atoms with Gasteiger partial charge in [0.25, 0.3) is 0 Å². The van der Waals surface area contributed by atoms with Gasteiger partial charge in [-0.25, -0.2) is 0 Å². The zero-order chi connectivity index (χ0) is 22.4. The third-order valence-electron chi connectivity index (χ3n) is 13.1. The first-order chi connectivity index (χ1) is 14.5. The molecule has 31 heavy (non-hydrogen) atoms. The molecule has 1 N–H and O–H groups in total. The van der Waals surface area contributed by atoms with Crippen molar-refractivity contribution in [1.29, 1.82) is 0 Å². The second-order valence-electron chi connectivity index (χ2n) is 14.0. The van der Waals surface area contributed by atoms with E-state index in [1.165, 1.54) is 69.8 Å². The molecule has 0 heterocycles. The second kappa shape index (κ2) is 7.10. The minimum Gasteiger partial charge on any atom is -0.393 e. The standard InChI is InChI=1S/C30H50O/c1-19(2)20(3)8-9-21(4)23-12-14-28(7)26-11-10-24-22(5)25(31)13-15-29(24)18-30(26,29)17-16-27(23,28)6/h19,21-26,31H,3,8-18H2,1-2,4-7H3/t21?,22-,23?,24-,25-,26?,27+,28-,29+,30-/m0/s1. The summed E-state index contributed by atoms with van der Waals surface area (Å²) in [5, 5.41) is 10.6. The van der Waals surface area contributed by atoms with Crippen molar-refractivity contribution in [2.24, 2.45) is 57.2 Å². The molecule has 1 nitrogen and oxygen atoms in total. The fourth-order valence-electron chi connectivity index (χ4n) is 10.9. The Labute approximate surface area is 192 Å². The summed E-state index contributed by atoms with van der Waals surface area (Å²) in [5.41, 5.74) is 3.76. The Balaban J connectivity index is 1.37. The van der Waals surface area contributed by atoms with Gasteiger partial charge in [-0.1, -0.05) is 53.7 Å². The maximum atomic E-state index is 10.6. The van der Waals surface area contributed by atoms with Crippen molar-refractivity contribution in [3.8, 4) is 0 Å². The molecule has 10 atom stereocenters. The molecule has 5 aliphatic carbocycles. The van der Waals surface area contributed by atoms with Crippen LogP contribution in [0.5, 0.6) is 0 Å². The third-order valence-corrected chi connectivity index (χ3v) is 13.1. The summed E-state index contributed by atoms with van der Waals surface area (Å²) in [4.78, 5) is 0. The van der Waals surface area contributed by atoms with Gasteiger partial charge in [0.2, 0.25) is 0 Å². The number of fused-ring (bicyclic) bond motifs is 2. The molecule has 5 fully saturated rings. The lowest BCUT2D eigenvalue weighted by atomic mass is 9.43. The summed E-state index contributed by atoms with van der Waals surface area (Å²) in [5.74, 6) is 4.63. The molecule has 3 unspecified atom stereocenters. The maximum absolute atomic E-state index is 10.6. The zero-order valence-electron chi connectivity index (χ0n) is 21.5. The lowest BCUT2D eigenvalue weighted by Gasteiger charge is -2.62. The van der Waals surface area contributed by atoms with Gasteiger partial charge in [0, 0.05) is 0 Å². The van der Waals surface area contributed by atoms with Crippen molar-refractivity contribution < 1.29 is 5.11 Å². The van der Waals surface area contributed by atoms with E-state index in [1.807, 2.05) is 0 Å². The van der Waals surface area contributed by atoms with Gasteiger partial charge in [-0.2, -0.15) is 0 Å². The van der Waals surface area contributed by atoms with Gasteiger partial charge < -0.3 is 5.11 Å². The molecule has 0 amide bonds. The van der Waals surface area contributed by atoms with Crippen molar-refractivity contribution >= 4 is 0 Å². The van der Waals surface area contributed by atoms with Gasteiger partial charge in [0.1, 0.15) is 0 Å². The molecule has 176 valence electrons. The van der Waals surface area contributed by atoms with E-state index < -0.39 is 0 Å². The van der Waals surface area contributed by atoms with E-state index >= 15 is 0 Å². The van der Waals surface area contributed by atoms with Crippen molar-refractivity contribution in [2.45, 2.75) is 118 Å². The third kappa shape index (κ3) is 2.77. The molecule has 0 aromatic rings. The summed E-state index contributed by atoms with van der Waals surface area (Å²) >= 11 is 0. The van der Waals surface area contributed by atoms with Crippen LogP contribution in [-0.4, -0.2) is 11.2 Å². The highest BCUT2D eigenvalue weighted by atomic mass is 16.3. The first-order valence-electron chi connectivity index (χ1n) is 13.9. The van der Waals surface area contributed by atoms with Crippen molar-refractivity contribution in [1.82, 2.24) is 0 Å². The summed E-state index contributed by atoms with van der Waals surface area (Å²) < 4.78 is 0. The number of aliphatic hydroxyl groups excluding tert-OH is 1. The molecule has 5 saturated carbocycles. The molecular formula is C30H50O. The fraction of sp³-hybridized carbons (Fsp3) is 0.933. The van der Waals surface area contributed by atoms with E-state index in [9.17, 15) is 5.11 Å². The summed E-state index contributed by atoms with van der Waals surface area (Å²) in [6.07, 6.45) is 15.1. The molecule has 0 aliphatic heterocycles. The van der Waals surface area contributed by atoms with Crippen LogP contribution in [-0.2, 0) is 0 Å². The van der Waals surface area contributed by atoms with Gasteiger partial charge in [-0.15, -0.1) is 0 Å². The maximum Gasteiger partial charge on any atom is 0.0568 e. The average Bonchev–Trinajstić information content (AvgIpc) is 3.31. The molecule has 0 aromatic carbocycles. The predicted molar refractivity (Wildman–Crippen MR) is 131 cm³/mol. The highest BCUT2D eigenvalue weighted by Gasteiger charge is 2.81. The van der Waals surface area contributed by atoms with E-state index in [0.717, 1.165) is 30.1 Å². The van der Waals surface area contributed by atoms with E-state index in [2.05, 4.69) is 48.1 Å². The Morgan fingerprint density at radius 1 is 0.935 bits per heavy atom. The molecule has 0 radical (unpaired) electrons. The van der Waals surface area contributed by atoms with Gasteiger partial charge in [-0.05, 0) is 128 Å². The van der Waals surface area contributed by atoms with E-state index in [0.29, 0.717) is 33.5 Å². The molecule has 2 spiro atoms. The lowest BCUT2D eigenvalue weighted by molar-refractivity contribution is -0.142. The normalized spacial score (nSPS) is 53.9. The molecule has 1 heteroatoms. The van der Waals surface area contributed by atoms with Gasteiger partial charge in [-0.3, -0.25) is 0 Å². The Hall–Kier alpha value is -0.300. The monoisotopic (exact) mass is 426 g/mol. The van der Waals surface area contributed by atoms with Crippen LogP contribution in [0.25, 0.3) is 0 Å². The smallest absolute Gasteiger partial charge is 0.0568 e. The first-order valence-corrected chi connectivity index (χ1v) is 13.9. The van der Waals surface area contributed by atoms with Crippen molar-refractivity contribution in [2.75, 3.05) is 0 Å². The minimum absolute atomic E-state index is 0.0356. The van der Waals surface area contributed by atoms with Gasteiger partial charge in [0.05, 0.1) is 6.10 Å². The summed E-state index contributed by atoms with van der Waals surface area (Å²) in [6, 6.07) is 0. The Bertz CT molecular complexity index is 739. The summed E-state index contributed by atoms with van der Waals surface area (Å²) in [6.45, 7) is 19.4. The molecular weight excluding hydrogens is 376 g/mol. The van der Waals surface area contributed by atoms with Gasteiger partial charge in [0.15, 0.2) is 0 Å². The number of allylic oxidation sites excluding steroid dienone is 1. The Morgan fingerprint density at radius 2 is 1.68 bits per heavy atom. The largest absolute Gasteiger partial charge is 0.393 e. The number of hydrogen-bond acceptors (Lipinski definition) is 1. The second-order valence-corrected chi connectivity index (χ2v) is 14.0. The molecule has 5 rings (SSSR count). The van der Waals surface area contributed by atoms with Gasteiger partial charge >= 0.3 is 0 Å². The highest BCUT2D eigenvalue weighted by Crippen LogP contribution is 2.88. The Kier molecular flexibility index (Phi) is 5.15. The molecule has 0 saturated heterocycles. The number of rotatable bonds is 5. The fourth-order valence-corrected chi connectivity index (χ4v) is 10.9. The molecule has 0 bridgehead atoms. The molecule has 5 aliphatic rings. The van der Waals surface area contributed by atoms with E-state index in [4.69, 9.17) is 0 Å². The van der Waals surface area contributed by atoms with Crippen LogP contribution in [0.3, 0.4) is 0 Å². The minimum atomic E-state index is -0.0356. The quantitative estimate of drug-likeness (QED) is 0.441. The van der Waals surface area contributed by atoms with Crippen molar-refractivity contribution in [3.63, 3.8) is 0 Å². The first kappa shape index (κ1) is 22.5.